The van der Waals surface area contributed by atoms with Crippen LogP contribution in [0.1, 0.15) is 5.69 Å². The molecule has 0 N–H and O–H groups in total. The number of aryl methyl sites for hydroxylation is 1. The second-order valence-electron chi connectivity index (χ2n) is 2.63. The van der Waals surface area contributed by atoms with Crippen molar-refractivity contribution in [2.24, 2.45) is 0 Å². The fraction of sp³-hybridized carbons (Fsp3) is 0.500. The molecule has 1 rings (SSSR count). The third kappa shape index (κ3) is 2.09. The monoisotopic (exact) mass is 284 g/mol. The highest BCUT2D eigenvalue weighted by Crippen LogP contribution is 2.28. The van der Waals surface area contributed by atoms with Crippen LogP contribution in [0.15, 0.2) is 8.13 Å². The highest BCUT2D eigenvalue weighted by Gasteiger charge is 2.23. The standard InChI is InChI=1S/C6H9BrN2O2S2/c1-4-5(12-6(7)8-4)13(10,11)9(2)3/h1-3H3. The maximum Gasteiger partial charge on any atom is 0.253 e. The molecule has 0 aliphatic carbocycles. The smallest absolute Gasteiger partial charge is 0.233 e. The van der Waals surface area contributed by atoms with Crippen LogP contribution in [0.25, 0.3) is 0 Å². The quantitative estimate of drug-likeness (QED) is 0.826. The van der Waals surface area contributed by atoms with E-state index in [4.69, 9.17) is 0 Å². The minimum atomic E-state index is -3.33. The van der Waals surface area contributed by atoms with Crippen LogP contribution in [0.3, 0.4) is 0 Å². The molecule has 0 saturated heterocycles. The predicted octanol–water partition coefficient (Wildman–Crippen LogP) is 1.46. The lowest BCUT2D eigenvalue weighted by Crippen LogP contribution is -2.21. The number of hydrogen-bond acceptors (Lipinski definition) is 4. The third-order valence-corrected chi connectivity index (χ3v) is 5.45. The average Bonchev–Trinajstić information content (AvgIpc) is 2.30. The Hall–Kier alpha value is 0.0200. The first kappa shape index (κ1) is 11.1. The van der Waals surface area contributed by atoms with E-state index in [9.17, 15) is 8.42 Å². The minimum absolute atomic E-state index is 0.296. The summed E-state index contributed by atoms with van der Waals surface area (Å²) in [6.45, 7) is 1.68. The molecule has 0 spiro atoms. The first-order valence-electron chi connectivity index (χ1n) is 3.41. The second kappa shape index (κ2) is 3.64. The first-order valence-corrected chi connectivity index (χ1v) is 6.46. The Kier molecular flexibility index (Phi) is 3.11. The van der Waals surface area contributed by atoms with Crippen molar-refractivity contribution in [3.63, 3.8) is 0 Å². The molecule has 1 aromatic heterocycles. The molecule has 0 radical (unpaired) electrons. The number of hydrogen-bond donors (Lipinski definition) is 0. The van der Waals surface area contributed by atoms with Crippen molar-refractivity contribution in [1.82, 2.24) is 9.29 Å². The number of rotatable bonds is 2. The number of sulfonamides is 1. The van der Waals surface area contributed by atoms with Gasteiger partial charge >= 0.3 is 0 Å². The molecule has 1 heterocycles. The van der Waals surface area contributed by atoms with Crippen molar-refractivity contribution in [3.05, 3.63) is 9.61 Å². The van der Waals surface area contributed by atoms with Crippen LogP contribution in [0.4, 0.5) is 0 Å². The van der Waals surface area contributed by atoms with Gasteiger partial charge in [0.05, 0.1) is 5.69 Å². The molecule has 0 saturated carbocycles. The normalized spacial score (nSPS) is 12.4. The van der Waals surface area contributed by atoms with E-state index in [2.05, 4.69) is 20.9 Å². The van der Waals surface area contributed by atoms with Crippen molar-refractivity contribution < 1.29 is 8.42 Å². The van der Waals surface area contributed by atoms with Crippen LogP contribution in [-0.2, 0) is 10.0 Å². The number of thiazole rings is 1. The Morgan fingerprint density at radius 1 is 1.46 bits per heavy atom. The van der Waals surface area contributed by atoms with Gasteiger partial charge in [-0.1, -0.05) is 11.3 Å². The van der Waals surface area contributed by atoms with E-state index < -0.39 is 10.0 Å². The molecular formula is C6H9BrN2O2S2. The van der Waals surface area contributed by atoms with E-state index >= 15 is 0 Å². The van der Waals surface area contributed by atoms with Crippen LogP contribution in [-0.4, -0.2) is 31.8 Å². The molecule has 0 atom stereocenters. The van der Waals surface area contributed by atoms with E-state index in [0.29, 0.717) is 13.8 Å². The van der Waals surface area contributed by atoms with Crippen molar-refractivity contribution >= 4 is 37.3 Å². The maximum atomic E-state index is 11.6. The molecule has 7 heteroatoms. The molecule has 0 bridgehead atoms. The van der Waals surface area contributed by atoms with Gasteiger partial charge < -0.3 is 0 Å². The average molecular weight is 285 g/mol. The zero-order valence-electron chi connectivity index (χ0n) is 7.41. The Bertz CT molecular complexity index is 410. The van der Waals surface area contributed by atoms with E-state index in [1.54, 1.807) is 6.92 Å². The zero-order chi connectivity index (χ0) is 10.2. The van der Waals surface area contributed by atoms with Crippen LogP contribution in [0, 0.1) is 6.92 Å². The Morgan fingerprint density at radius 2 is 2.00 bits per heavy atom. The molecule has 13 heavy (non-hydrogen) atoms. The van der Waals surface area contributed by atoms with Gasteiger partial charge in [-0.05, 0) is 22.9 Å². The van der Waals surface area contributed by atoms with Crippen molar-refractivity contribution in [1.29, 1.82) is 0 Å². The van der Waals surface area contributed by atoms with Crippen LogP contribution in [0.5, 0.6) is 0 Å². The molecule has 0 aromatic carbocycles. The molecule has 4 nitrogen and oxygen atoms in total. The highest BCUT2D eigenvalue weighted by molar-refractivity contribution is 9.11. The first-order chi connectivity index (χ1) is 5.85. The van der Waals surface area contributed by atoms with E-state index in [1.807, 2.05) is 0 Å². The lowest BCUT2D eigenvalue weighted by atomic mass is 10.6. The molecule has 0 unspecified atom stereocenters. The summed E-state index contributed by atoms with van der Waals surface area (Å²) in [7, 11) is -0.323. The van der Waals surface area contributed by atoms with Crippen LogP contribution in [0.2, 0.25) is 0 Å². The van der Waals surface area contributed by atoms with Gasteiger partial charge in [0.2, 0.25) is 0 Å². The Balaban J connectivity index is 3.31. The summed E-state index contributed by atoms with van der Waals surface area (Å²) in [6.07, 6.45) is 0. The summed E-state index contributed by atoms with van der Waals surface area (Å²) in [5.41, 5.74) is 0.533. The maximum absolute atomic E-state index is 11.6. The molecule has 74 valence electrons. The summed E-state index contributed by atoms with van der Waals surface area (Å²) >= 11 is 4.27. The molecular weight excluding hydrogens is 276 g/mol. The molecule has 0 aliphatic rings. The molecule has 1 aromatic rings. The lowest BCUT2D eigenvalue weighted by Gasteiger charge is -2.08. The molecule has 0 amide bonds. The van der Waals surface area contributed by atoms with Gasteiger partial charge in [0, 0.05) is 14.1 Å². The lowest BCUT2D eigenvalue weighted by molar-refractivity contribution is 0.522. The third-order valence-electron chi connectivity index (χ3n) is 1.44. The fourth-order valence-corrected chi connectivity index (χ4v) is 4.21. The van der Waals surface area contributed by atoms with E-state index in [1.165, 1.54) is 18.4 Å². The Labute approximate surface area is 89.8 Å². The summed E-state index contributed by atoms with van der Waals surface area (Å²) in [5.74, 6) is 0. The molecule has 0 aliphatic heterocycles. The van der Waals surface area contributed by atoms with Gasteiger partial charge in [0.1, 0.15) is 0 Å². The number of aromatic nitrogens is 1. The zero-order valence-corrected chi connectivity index (χ0v) is 10.6. The van der Waals surface area contributed by atoms with Gasteiger partial charge in [0.25, 0.3) is 10.0 Å². The SMILES string of the molecule is Cc1nc(Br)sc1S(=O)(=O)N(C)C. The van der Waals surface area contributed by atoms with E-state index in [-0.39, 0.29) is 0 Å². The summed E-state index contributed by atoms with van der Waals surface area (Å²) in [6, 6.07) is 0. The van der Waals surface area contributed by atoms with Gasteiger partial charge in [-0.3, -0.25) is 0 Å². The van der Waals surface area contributed by atoms with Gasteiger partial charge in [-0.2, -0.15) is 0 Å². The Morgan fingerprint density at radius 3 is 2.31 bits per heavy atom. The van der Waals surface area contributed by atoms with Crippen molar-refractivity contribution in [2.75, 3.05) is 14.1 Å². The van der Waals surface area contributed by atoms with E-state index in [0.717, 1.165) is 11.3 Å². The molecule has 0 fully saturated rings. The fourth-order valence-electron chi connectivity index (χ4n) is 0.756. The van der Waals surface area contributed by atoms with Gasteiger partial charge in [0.15, 0.2) is 8.13 Å². The summed E-state index contributed by atoms with van der Waals surface area (Å²) in [4.78, 5) is 3.99. The van der Waals surface area contributed by atoms with Crippen LogP contribution < -0.4 is 0 Å². The topological polar surface area (TPSA) is 50.3 Å². The number of nitrogens with zero attached hydrogens (tertiary/aromatic N) is 2. The number of halogens is 1. The van der Waals surface area contributed by atoms with Crippen molar-refractivity contribution in [3.8, 4) is 0 Å². The minimum Gasteiger partial charge on any atom is -0.233 e. The summed E-state index contributed by atoms with van der Waals surface area (Å²) < 4.78 is 25.3. The van der Waals surface area contributed by atoms with Gasteiger partial charge in [-0.25, -0.2) is 17.7 Å². The predicted molar refractivity (Wildman–Crippen MR) is 55.4 cm³/mol. The second-order valence-corrected chi connectivity index (χ2v) is 7.25. The van der Waals surface area contributed by atoms with Crippen LogP contribution >= 0.6 is 27.3 Å². The highest BCUT2D eigenvalue weighted by atomic mass is 79.9. The summed E-state index contributed by atoms with van der Waals surface area (Å²) in [5, 5.41) is 0. The van der Waals surface area contributed by atoms with Crippen molar-refractivity contribution in [2.45, 2.75) is 11.1 Å². The largest absolute Gasteiger partial charge is 0.253 e. The van der Waals surface area contributed by atoms with Gasteiger partial charge in [-0.15, -0.1) is 0 Å².